The van der Waals surface area contributed by atoms with Crippen molar-refractivity contribution in [1.29, 1.82) is 0 Å². The van der Waals surface area contributed by atoms with Crippen molar-refractivity contribution < 1.29 is 4.79 Å². The number of nitrogens with one attached hydrogen (secondary N) is 1. The van der Waals surface area contributed by atoms with Crippen molar-refractivity contribution in [3.8, 4) is 0 Å². The Labute approximate surface area is 121 Å². The molecule has 1 aromatic heterocycles. The van der Waals surface area contributed by atoms with Crippen LogP contribution < -0.4 is 5.32 Å². The van der Waals surface area contributed by atoms with Crippen LogP contribution in [0.5, 0.6) is 0 Å². The lowest BCUT2D eigenvalue weighted by Crippen LogP contribution is -2.60. The summed E-state index contributed by atoms with van der Waals surface area (Å²) in [4.78, 5) is 20.8. The highest BCUT2D eigenvalue weighted by atomic mass is 16.2. The minimum Gasteiger partial charge on any atom is -0.340 e. The van der Waals surface area contributed by atoms with Gasteiger partial charge in [-0.2, -0.15) is 0 Å². The summed E-state index contributed by atoms with van der Waals surface area (Å²) in [6.07, 6.45) is 3.52. The van der Waals surface area contributed by atoms with Crippen LogP contribution in [-0.2, 0) is 11.3 Å². The molecule has 0 radical (unpaired) electrons. The quantitative estimate of drug-likeness (QED) is 0.880. The number of likely N-dealkylation sites (N-methyl/N-ethyl adjacent to an activating group) is 1. The summed E-state index contributed by atoms with van der Waals surface area (Å²) in [6.45, 7) is 8.39. The molecule has 0 unspecified atom stereocenters. The van der Waals surface area contributed by atoms with Gasteiger partial charge in [0.2, 0.25) is 5.91 Å². The number of carbonyl (C=O) groups excluding carboxylic acids is 1. The molecule has 1 aliphatic heterocycles. The highest BCUT2D eigenvalue weighted by molar-refractivity contribution is 5.85. The molecule has 1 saturated heterocycles. The van der Waals surface area contributed by atoms with E-state index in [1.54, 1.807) is 17.3 Å². The average molecular weight is 276 g/mol. The highest BCUT2D eigenvalue weighted by Crippen LogP contribution is 2.19. The molecule has 0 saturated carbocycles. The SMILES string of the molecule is CN(Cc1ccncc1)C(=O)C(C)(C)N1CCNCC1. The smallest absolute Gasteiger partial charge is 0.242 e. The number of hydrogen-bond donors (Lipinski definition) is 1. The fourth-order valence-electron chi connectivity index (χ4n) is 2.66. The number of nitrogens with zero attached hydrogens (tertiary/aromatic N) is 3. The largest absolute Gasteiger partial charge is 0.340 e. The van der Waals surface area contributed by atoms with Crippen LogP contribution in [0.15, 0.2) is 24.5 Å². The number of aromatic nitrogens is 1. The molecule has 0 aromatic carbocycles. The Morgan fingerprint density at radius 2 is 1.95 bits per heavy atom. The van der Waals surface area contributed by atoms with Crippen molar-refractivity contribution in [2.45, 2.75) is 25.9 Å². The Kier molecular flexibility index (Phi) is 4.73. The lowest BCUT2D eigenvalue weighted by molar-refractivity contribution is -0.142. The normalized spacial score (nSPS) is 16.9. The van der Waals surface area contributed by atoms with Crippen molar-refractivity contribution in [1.82, 2.24) is 20.1 Å². The molecule has 1 fully saturated rings. The van der Waals surface area contributed by atoms with Gasteiger partial charge in [-0.25, -0.2) is 0 Å². The lowest BCUT2D eigenvalue weighted by Gasteiger charge is -2.41. The van der Waals surface area contributed by atoms with Crippen LogP contribution in [-0.4, -0.2) is 59.5 Å². The number of hydrogen-bond acceptors (Lipinski definition) is 4. The molecule has 2 heterocycles. The summed E-state index contributed by atoms with van der Waals surface area (Å²) in [5.41, 5.74) is 0.649. The highest BCUT2D eigenvalue weighted by Gasteiger charge is 2.36. The van der Waals surface area contributed by atoms with E-state index in [4.69, 9.17) is 0 Å². The van der Waals surface area contributed by atoms with Crippen molar-refractivity contribution in [2.24, 2.45) is 0 Å². The first kappa shape index (κ1) is 14.9. The van der Waals surface area contributed by atoms with Gasteiger partial charge in [0.25, 0.3) is 0 Å². The topological polar surface area (TPSA) is 48.5 Å². The van der Waals surface area contributed by atoms with Crippen molar-refractivity contribution in [2.75, 3.05) is 33.2 Å². The average Bonchev–Trinajstić information content (AvgIpc) is 2.48. The van der Waals surface area contributed by atoms with E-state index in [9.17, 15) is 4.79 Å². The van der Waals surface area contributed by atoms with Crippen LogP contribution in [0.25, 0.3) is 0 Å². The molecule has 5 nitrogen and oxygen atoms in total. The van der Waals surface area contributed by atoms with Gasteiger partial charge in [-0.1, -0.05) is 0 Å². The molecular weight excluding hydrogens is 252 g/mol. The van der Waals surface area contributed by atoms with Gasteiger partial charge in [0.05, 0.1) is 5.54 Å². The first-order valence-electron chi connectivity index (χ1n) is 7.12. The number of carbonyl (C=O) groups is 1. The van der Waals surface area contributed by atoms with Crippen LogP contribution in [0.1, 0.15) is 19.4 Å². The van der Waals surface area contributed by atoms with E-state index < -0.39 is 5.54 Å². The molecule has 1 N–H and O–H groups in total. The van der Waals surface area contributed by atoms with Crippen LogP contribution >= 0.6 is 0 Å². The molecule has 0 bridgehead atoms. The fraction of sp³-hybridized carbons (Fsp3) is 0.600. The summed E-state index contributed by atoms with van der Waals surface area (Å²) in [5, 5.41) is 3.32. The van der Waals surface area contributed by atoms with Crippen LogP contribution in [0.4, 0.5) is 0 Å². The van der Waals surface area contributed by atoms with E-state index in [1.165, 1.54) is 0 Å². The van der Waals surface area contributed by atoms with E-state index in [-0.39, 0.29) is 5.91 Å². The second-order valence-electron chi connectivity index (χ2n) is 5.81. The zero-order valence-corrected chi connectivity index (χ0v) is 12.6. The lowest BCUT2D eigenvalue weighted by atomic mass is 9.99. The van der Waals surface area contributed by atoms with Gasteiger partial charge >= 0.3 is 0 Å². The molecule has 0 aliphatic carbocycles. The number of rotatable bonds is 4. The van der Waals surface area contributed by atoms with Crippen LogP contribution in [0, 0.1) is 0 Å². The monoisotopic (exact) mass is 276 g/mol. The van der Waals surface area contributed by atoms with E-state index in [1.807, 2.05) is 33.0 Å². The van der Waals surface area contributed by atoms with Crippen molar-refractivity contribution in [3.05, 3.63) is 30.1 Å². The first-order chi connectivity index (χ1) is 9.51. The predicted octanol–water partition coefficient (Wildman–Crippen LogP) is 0.724. The minimum atomic E-state index is -0.454. The van der Waals surface area contributed by atoms with Gasteiger partial charge in [0, 0.05) is 52.2 Å². The third-order valence-corrected chi connectivity index (χ3v) is 3.95. The Bertz CT molecular complexity index is 440. The molecule has 20 heavy (non-hydrogen) atoms. The molecule has 1 aromatic rings. The second-order valence-corrected chi connectivity index (χ2v) is 5.81. The number of pyridine rings is 1. The summed E-state index contributed by atoms with van der Waals surface area (Å²) in [7, 11) is 1.87. The maximum atomic E-state index is 12.7. The first-order valence-corrected chi connectivity index (χ1v) is 7.12. The Balaban J connectivity index is 2.01. The summed E-state index contributed by atoms with van der Waals surface area (Å²) in [5.74, 6) is 0.163. The molecule has 5 heteroatoms. The van der Waals surface area contributed by atoms with Gasteiger partial charge in [0.1, 0.15) is 0 Å². The van der Waals surface area contributed by atoms with Crippen molar-refractivity contribution >= 4 is 5.91 Å². The van der Waals surface area contributed by atoms with Gasteiger partial charge < -0.3 is 10.2 Å². The summed E-state index contributed by atoms with van der Waals surface area (Å²) >= 11 is 0. The van der Waals surface area contributed by atoms with Crippen LogP contribution in [0.3, 0.4) is 0 Å². The third-order valence-electron chi connectivity index (χ3n) is 3.95. The Morgan fingerprint density at radius 3 is 2.55 bits per heavy atom. The third kappa shape index (κ3) is 3.35. The zero-order valence-electron chi connectivity index (χ0n) is 12.6. The maximum absolute atomic E-state index is 12.7. The molecule has 0 atom stereocenters. The number of amides is 1. The summed E-state index contributed by atoms with van der Waals surface area (Å²) < 4.78 is 0. The van der Waals surface area contributed by atoms with E-state index in [0.29, 0.717) is 6.54 Å². The van der Waals surface area contributed by atoms with Crippen LogP contribution in [0.2, 0.25) is 0 Å². The van der Waals surface area contributed by atoms with E-state index >= 15 is 0 Å². The molecule has 1 amide bonds. The zero-order chi connectivity index (χ0) is 14.6. The predicted molar refractivity (Wildman–Crippen MR) is 79.2 cm³/mol. The Morgan fingerprint density at radius 1 is 1.35 bits per heavy atom. The van der Waals surface area contributed by atoms with Gasteiger partial charge in [0.15, 0.2) is 0 Å². The Hall–Kier alpha value is -1.46. The van der Waals surface area contributed by atoms with E-state index in [0.717, 1.165) is 31.7 Å². The molecule has 110 valence electrons. The van der Waals surface area contributed by atoms with Gasteiger partial charge in [-0.3, -0.25) is 14.7 Å². The van der Waals surface area contributed by atoms with Crippen molar-refractivity contribution in [3.63, 3.8) is 0 Å². The van der Waals surface area contributed by atoms with E-state index in [2.05, 4.69) is 15.2 Å². The van der Waals surface area contributed by atoms with Gasteiger partial charge in [-0.05, 0) is 31.5 Å². The maximum Gasteiger partial charge on any atom is 0.242 e. The standard InChI is InChI=1S/C15H24N4O/c1-15(2,19-10-8-17-9-11-19)14(20)18(3)12-13-4-6-16-7-5-13/h4-7,17H,8-12H2,1-3H3. The van der Waals surface area contributed by atoms with Gasteiger partial charge in [-0.15, -0.1) is 0 Å². The second kappa shape index (κ2) is 6.33. The summed E-state index contributed by atoms with van der Waals surface area (Å²) in [6, 6.07) is 3.89. The fourth-order valence-corrected chi connectivity index (χ4v) is 2.66. The molecule has 2 rings (SSSR count). The minimum absolute atomic E-state index is 0.163. The molecule has 0 spiro atoms. The molecule has 1 aliphatic rings. The molecular formula is C15H24N4O. The number of piperazine rings is 1.